The Morgan fingerprint density at radius 1 is 1.24 bits per heavy atom. The first-order valence-corrected chi connectivity index (χ1v) is 6.39. The molecule has 17 heavy (non-hydrogen) atoms. The second kappa shape index (κ2) is 5.46. The van der Waals surface area contributed by atoms with Gasteiger partial charge in [-0.15, -0.1) is 11.8 Å². The Balaban J connectivity index is 2.32. The van der Waals surface area contributed by atoms with E-state index in [9.17, 15) is 0 Å². The third-order valence-electron chi connectivity index (χ3n) is 2.33. The van der Waals surface area contributed by atoms with Crippen molar-refractivity contribution in [2.45, 2.75) is 11.3 Å². The van der Waals surface area contributed by atoms with E-state index in [4.69, 9.17) is 5.26 Å². The van der Waals surface area contributed by atoms with Crippen LogP contribution in [0.4, 0.5) is 0 Å². The van der Waals surface area contributed by atoms with Crippen LogP contribution < -0.4 is 0 Å². The van der Waals surface area contributed by atoms with E-state index < -0.39 is 0 Å². The second-order valence-corrected chi connectivity index (χ2v) is 4.30. The van der Waals surface area contributed by atoms with E-state index in [2.05, 4.69) is 28.2 Å². The maximum atomic E-state index is 8.62. The molecular formula is C13H11N3S. The number of aromatic nitrogens is 2. The summed E-state index contributed by atoms with van der Waals surface area (Å²) in [6.07, 6.45) is 3.99. The topological polar surface area (TPSA) is 49.6 Å². The highest BCUT2D eigenvalue weighted by molar-refractivity contribution is 7.98. The van der Waals surface area contributed by atoms with Crippen molar-refractivity contribution in [3.05, 3.63) is 42.4 Å². The van der Waals surface area contributed by atoms with Crippen LogP contribution in [0.2, 0.25) is 0 Å². The molecule has 0 aliphatic heterocycles. The van der Waals surface area contributed by atoms with Crippen molar-refractivity contribution in [1.29, 1.82) is 5.26 Å². The summed E-state index contributed by atoms with van der Waals surface area (Å²) in [4.78, 5) is 9.62. The fourth-order valence-corrected chi connectivity index (χ4v) is 1.89. The number of hydrogen-bond donors (Lipinski definition) is 0. The van der Waals surface area contributed by atoms with Gasteiger partial charge in [0.25, 0.3) is 0 Å². The first kappa shape index (κ1) is 11.6. The summed E-state index contributed by atoms with van der Waals surface area (Å²) in [5, 5.41) is 8.62. The average molecular weight is 241 g/mol. The zero-order chi connectivity index (χ0) is 12.1. The van der Waals surface area contributed by atoms with Crippen LogP contribution in [0.5, 0.6) is 0 Å². The number of nitrogens with zero attached hydrogens (tertiary/aromatic N) is 3. The quantitative estimate of drug-likeness (QED) is 0.775. The molecule has 0 aliphatic carbocycles. The SMILES string of the molecule is CSc1ccc(-c2ccnc(CC#N)n2)cc1. The molecular weight excluding hydrogens is 230 g/mol. The Morgan fingerprint density at radius 2 is 2.00 bits per heavy atom. The Kier molecular flexibility index (Phi) is 3.73. The summed E-state index contributed by atoms with van der Waals surface area (Å²) >= 11 is 1.71. The highest BCUT2D eigenvalue weighted by Gasteiger charge is 2.02. The molecule has 0 aliphatic rings. The Labute approximate surface area is 105 Å². The summed E-state index contributed by atoms with van der Waals surface area (Å²) in [5.41, 5.74) is 1.90. The van der Waals surface area contributed by atoms with E-state index in [1.54, 1.807) is 18.0 Å². The fourth-order valence-electron chi connectivity index (χ4n) is 1.48. The lowest BCUT2D eigenvalue weighted by Gasteiger charge is -2.03. The number of nitriles is 1. The molecule has 0 spiro atoms. The first-order valence-electron chi connectivity index (χ1n) is 5.17. The standard InChI is InChI=1S/C13H11N3S/c1-17-11-4-2-10(3-5-11)12-7-9-15-13(16-12)6-8-14/h2-5,7,9H,6H2,1H3. The summed E-state index contributed by atoms with van der Waals surface area (Å²) in [5.74, 6) is 0.568. The van der Waals surface area contributed by atoms with Crippen molar-refractivity contribution in [3.8, 4) is 17.3 Å². The van der Waals surface area contributed by atoms with Gasteiger partial charge in [-0.1, -0.05) is 12.1 Å². The zero-order valence-electron chi connectivity index (χ0n) is 9.42. The third kappa shape index (κ3) is 2.83. The van der Waals surface area contributed by atoms with Crippen LogP contribution in [0.25, 0.3) is 11.3 Å². The van der Waals surface area contributed by atoms with Crippen LogP contribution in [-0.2, 0) is 6.42 Å². The molecule has 0 atom stereocenters. The van der Waals surface area contributed by atoms with Crippen molar-refractivity contribution >= 4 is 11.8 Å². The smallest absolute Gasteiger partial charge is 0.142 e. The Hall–Kier alpha value is -1.86. The molecule has 3 nitrogen and oxygen atoms in total. The largest absolute Gasteiger partial charge is 0.240 e. The highest BCUT2D eigenvalue weighted by atomic mass is 32.2. The van der Waals surface area contributed by atoms with Crippen LogP contribution >= 0.6 is 11.8 Å². The molecule has 0 amide bonds. The van der Waals surface area contributed by atoms with Crippen molar-refractivity contribution in [3.63, 3.8) is 0 Å². The molecule has 0 unspecified atom stereocenters. The average Bonchev–Trinajstić information content (AvgIpc) is 2.40. The van der Waals surface area contributed by atoms with Gasteiger partial charge in [0, 0.05) is 16.7 Å². The normalized spacial score (nSPS) is 9.88. The van der Waals surface area contributed by atoms with Gasteiger partial charge in [0.1, 0.15) is 5.82 Å². The minimum absolute atomic E-state index is 0.247. The van der Waals surface area contributed by atoms with Gasteiger partial charge in [0.2, 0.25) is 0 Å². The lowest BCUT2D eigenvalue weighted by Crippen LogP contribution is -1.94. The van der Waals surface area contributed by atoms with Gasteiger partial charge in [-0.25, -0.2) is 9.97 Å². The molecule has 1 heterocycles. The predicted octanol–water partition coefficient (Wildman–Crippen LogP) is 2.93. The molecule has 0 saturated heterocycles. The lowest BCUT2D eigenvalue weighted by molar-refractivity contribution is 0.999. The summed E-state index contributed by atoms with van der Waals surface area (Å²) in [6.45, 7) is 0. The molecule has 0 fully saturated rings. The molecule has 1 aromatic heterocycles. The van der Waals surface area contributed by atoms with Gasteiger partial charge in [0.15, 0.2) is 0 Å². The molecule has 1 aromatic carbocycles. The van der Waals surface area contributed by atoms with E-state index >= 15 is 0 Å². The molecule has 2 aromatic rings. The molecule has 2 rings (SSSR count). The van der Waals surface area contributed by atoms with Gasteiger partial charge >= 0.3 is 0 Å². The maximum Gasteiger partial charge on any atom is 0.142 e. The highest BCUT2D eigenvalue weighted by Crippen LogP contribution is 2.21. The number of thioether (sulfide) groups is 1. The van der Waals surface area contributed by atoms with E-state index in [1.165, 1.54) is 4.90 Å². The fraction of sp³-hybridized carbons (Fsp3) is 0.154. The third-order valence-corrected chi connectivity index (χ3v) is 3.07. The summed E-state index contributed by atoms with van der Waals surface area (Å²) in [7, 11) is 0. The van der Waals surface area contributed by atoms with Crippen molar-refractivity contribution in [1.82, 2.24) is 9.97 Å². The van der Waals surface area contributed by atoms with Gasteiger partial charge in [0.05, 0.1) is 18.2 Å². The minimum atomic E-state index is 0.247. The maximum absolute atomic E-state index is 8.62. The number of hydrogen-bond acceptors (Lipinski definition) is 4. The van der Waals surface area contributed by atoms with Gasteiger partial charge in [-0.05, 0) is 24.5 Å². The van der Waals surface area contributed by atoms with Crippen LogP contribution in [0, 0.1) is 11.3 Å². The van der Waals surface area contributed by atoms with Crippen molar-refractivity contribution in [2.24, 2.45) is 0 Å². The predicted molar refractivity (Wildman–Crippen MR) is 68.6 cm³/mol. The molecule has 0 radical (unpaired) electrons. The molecule has 0 saturated carbocycles. The van der Waals surface area contributed by atoms with Gasteiger partial charge in [-0.2, -0.15) is 5.26 Å². The summed E-state index contributed by atoms with van der Waals surface area (Å²) < 4.78 is 0. The van der Waals surface area contributed by atoms with Crippen molar-refractivity contribution in [2.75, 3.05) is 6.26 Å². The van der Waals surface area contributed by atoms with Crippen LogP contribution in [0.3, 0.4) is 0 Å². The van der Waals surface area contributed by atoms with E-state index in [-0.39, 0.29) is 6.42 Å². The monoisotopic (exact) mass is 241 g/mol. The van der Waals surface area contributed by atoms with E-state index in [0.29, 0.717) is 5.82 Å². The second-order valence-electron chi connectivity index (χ2n) is 3.42. The van der Waals surface area contributed by atoms with Crippen LogP contribution in [-0.4, -0.2) is 16.2 Å². The van der Waals surface area contributed by atoms with Crippen LogP contribution in [0.15, 0.2) is 41.4 Å². The molecule has 4 heteroatoms. The molecule has 0 bridgehead atoms. The Morgan fingerprint density at radius 3 is 2.65 bits per heavy atom. The van der Waals surface area contributed by atoms with Gasteiger partial charge < -0.3 is 0 Å². The van der Waals surface area contributed by atoms with E-state index in [1.807, 2.05) is 24.5 Å². The molecule has 84 valence electrons. The molecule has 0 N–H and O–H groups in total. The van der Waals surface area contributed by atoms with Crippen molar-refractivity contribution < 1.29 is 0 Å². The first-order chi connectivity index (χ1) is 8.33. The Bertz CT molecular complexity index is 543. The minimum Gasteiger partial charge on any atom is -0.240 e. The van der Waals surface area contributed by atoms with Crippen LogP contribution in [0.1, 0.15) is 5.82 Å². The number of rotatable bonds is 3. The van der Waals surface area contributed by atoms with E-state index in [0.717, 1.165) is 11.3 Å². The lowest BCUT2D eigenvalue weighted by atomic mass is 10.1. The van der Waals surface area contributed by atoms with Gasteiger partial charge in [-0.3, -0.25) is 0 Å². The zero-order valence-corrected chi connectivity index (χ0v) is 10.2. The number of benzene rings is 1. The summed E-state index contributed by atoms with van der Waals surface area (Å²) in [6, 6.07) is 12.1.